The van der Waals surface area contributed by atoms with Crippen molar-refractivity contribution in [1.82, 2.24) is 19.9 Å². The van der Waals surface area contributed by atoms with E-state index in [1.54, 1.807) is 17.9 Å². The average molecular weight is 368 g/mol. The smallest absolute Gasteiger partial charge is 0.261 e. The lowest BCUT2D eigenvalue weighted by molar-refractivity contribution is 0.0703. The monoisotopic (exact) mass is 368 g/mol. The number of piperidine rings is 1. The summed E-state index contributed by atoms with van der Waals surface area (Å²) in [6.45, 7) is 2.85. The quantitative estimate of drug-likeness (QED) is 0.842. The lowest BCUT2D eigenvalue weighted by Gasteiger charge is -2.32. The number of H-pyrrole nitrogens is 2. The van der Waals surface area contributed by atoms with Crippen LogP contribution in [0.1, 0.15) is 64.7 Å². The molecule has 1 aliphatic carbocycles. The lowest BCUT2D eigenvalue weighted by Crippen LogP contribution is -2.41. The Balaban J connectivity index is 1.59. The van der Waals surface area contributed by atoms with Crippen LogP contribution in [0.5, 0.6) is 0 Å². The maximum Gasteiger partial charge on any atom is 0.261 e. The molecule has 3 heterocycles. The highest BCUT2D eigenvalue weighted by Crippen LogP contribution is 2.26. The zero-order valence-electron chi connectivity index (χ0n) is 15.5. The Labute approximate surface area is 156 Å². The largest absolute Gasteiger partial charge is 0.338 e. The van der Waals surface area contributed by atoms with Gasteiger partial charge in [0.05, 0.1) is 5.69 Å². The summed E-state index contributed by atoms with van der Waals surface area (Å²) in [7, 11) is 0. The average Bonchev–Trinajstić information content (AvgIpc) is 2.66. The van der Waals surface area contributed by atoms with E-state index in [0.717, 1.165) is 49.8 Å². The van der Waals surface area contributed by atoms with Crippen LogP contribution in [-0.2, 0) is 12.8 Å². The SMILES string of the molecule is Cc1nc(C2CCCN(C(=O)c3cc4c([nH]c3=O)CCCC4)C2)cc(=O)[nH]1. The van der Waals surface area contributed by atoms with Crippen molar-refractivity contribution in [2.45, 2.75) is 51.4 Å². The molecule has 2 aromatic rings. The number of pyridine rings is 1. The van der Waals surface area contributed by atoms with E-state index in [9.17, 15) is 14.4 Å². The minimum Gasteiger partial charge on any atom is -0.338 e. The van der Waals surface area contributed by atoms with Gasteiger partial charge in [-0.05, 0) is 57.1 Å². The van der Waals surface area contributed by atoms with Gasteiger partial charge in [0.1, 0.15) is 11.4 Å². The van der Waals surface area contributed by atoms with Gasteiger partial charge in [0.15, 0.2) is 0 Å². The van der Waals surface area contributed by atoms with Gasteiger partial charge in [0.2, 0.25) is 0 Å². The van der Waals surface area contributed by atoms with Crippen molar-refractivity contribution in [2.24, 2.45) is 0 Å². The number of aromatic nitrogens is 3. The minimum atomic E-state index is -0.298. The van der Waals surface area contributed by atoms with Gasteiger partial charge in [-0.25, -0.2) is 4.98 Å². The molecule has 1 aliphatic heterocycles. The molecule has 1 unspecified atom stereocenters. The molecular formula is C20H24N4O3. The molecule has 2 aromatic heterocycles. The number of aryl methyl sites for hydroxylation is 3. The van der Waals surface area contributed by atoms with Crippen molar-refractivity contribution in [1.29, 1.82) is 0 Å². The summed E-state index contributed by atoms with van der Waals surface area (Å²) >= 11 is 0. The van der Waals surface area contributed by atoms with E-state index in [0.29, 0.717) is 24.6 Å². The second-order valence-electron chi connectivity index (χ2n) is 7.57. The molecule has 1 fully saturated rings. The summed E-state index contributed by atoms with van der Waals surface area (Å²) in [5.74, 6) is 0.364. The van der Waals surface area contributed by atoms with Crippen LogP contribution >= 0.6 is 0 Å². The molecule has 1 atom stereocenters. The molecule has 7 nitrogen and oxygen atoms in total. The Bertz CT molecular complexity index is 991. The first-order valence-corrected chi connectivity index (χ1v) is 9.63. The number of nitrogens with zero attached hydrogens (tertiary/aromatic N) is 2. The van der Waals surface area contributed by atoms with Gasteiger partial charge in [0, 0.05) is 30.8 Å². The fourth-order valence-electron chi connectivity index (χ4n) is 4.22. The number of hydrogen-bond acceptors (Lipinski definition) is 4. The molecule has 1 saturated heterocycles. The molecule has 2 aliphatic rings. The van der Waals surface area contributed by atoms with E-state index in [1.165, 1.54) is 6.07 Å². The second kappa shape index (κ2) is 7.13. The van der Waals surface area contributed by atoms with Crippen molar-refractivity contribution < 1.29 is 4.79 Å². The van der Waals surface area contributed by atoms with Crippen LogP contribution in [0.2, 0.25) is 0 Å². The molecule has 0 radical (unpaired) electrons. The number of amides is 1. The van der Waals surface area contributed by atoms with Crippen LogP contribution in [-0.4, -0.2) is 38.8 Å². The Morgan fingerprint density at radius 1 is 1.15 bits per heavy atom. The van der Waals surface area contributed by atoms with Gasteiger partial charge >= 0.3 is 0 Å². The molecule has 2 N–H and O–H groups in total. The maximum absolute atomic E-state index is 13.0. The van der Waals surface area contributed by atoms with Crippen LogP contribution in [0.4, 0.5) is 0 Å². The van der Waals surface area contributed by atoms with Crippen LogP contribution in [0.15, 0.2) is 21.7 Å². The first-order valence-electron chi connectivity index (χ1n) is 9.63. The van der Waals surface area contributed by atoms with Gasteiger partial charge in [-0.1, -0.05) is 0 Å². The zero-order chi connectivity index (χ0) is 19.0. The van der Waals surface area contributed by atoms with Crippen LogP contribution < -0.4 is 11.1 Å². The van der Waals surface area contributed by atoms with E-state index >= 15 is 0 Å². The highest BCUT2D eigenvalue weighted by atomic mass is 16.2. The number of nitrogens with one attached hydrogen (secondary N) is 2. The van der Waals surface area contributed by atoms with Gasteiger partial charge in [-0.3, -0.25) is 14.4 Å². The van der Waals surface area contributed by atoms with Gasteiger partial charge in [0.25, 0.3) is 17.0 Å². The fourth-order valence-corrected chi connectivity index (χ4v) is 4.22. The predicted octanol–water partition coefficient (Wildman–Crippen LogP) is 1.67. The molecule has 4 rings (SSSR count). The third-order valence-electron chi connectivity index (χ3n) is 5.58. The molecular weight excluding hydrogens is 344 g/mol. The second-order valence-corrected chi connectivity index (χ2v) is 7.57. The first-order chi connectivity index (χ1) is 13.0. The van der Waals surface area contributed by atoms with E-state index < -0.39 is 0 Å². The fraction of sp³-hybridized carbons (Fsp3) is 0.500. The first kappa shape index (κ1) is 17.7. The third-order valence-corrected chi connectivity index (χ3v) is 5.58. The Kier molecular flexibility index (Phi) is 4.68. The Morgan fingerprint density at radius 2 is 1.96 bits per heavy atom. The van der Waals surface area contributed by atoms with Crippen molar-refractivity contribution in [3.05, 3.63) is 61.2 Å². The topological polar surface area (TPSA) is 98.9 Å². The molecule has 1 amide bonds. The zero-order valence-corrected chi connectivity index (χ0v) is 15.5. The molecule has 0 saturated carbocycles. The number of aromatic amines is 2. The molecule has 0 aromatic carbocycles. The highest BCUT2D eigenvalue weighted by molar-refractivity contribution is 5.94. The van der Waals surface area contributed by atoms with Crippen LogP contribution in [0, 0.1) is 6.92 Å². The van der Waals surface area contributed by atoms with E-state index in [-0.39, 0.29) is 28.5 Å². The summed E-state index contributed by atoms with van der Waals surface area (Å²) in [6.07, 6.45) is 5.65. The summed E-state index contributed by atoms with van der Waals surface area (Å²) in [5, 5.41) is 0. The van der Waals surface area contributed by atoms with Gasteiger partial charge in [-0.2, -0.15) is 0 Å². The Morgan fingerprint density at radius 3 is 2.78 bits per heavy atom. The summed E-state index contributed by atoms with van der Waals surface area (Å²) < 4.78 is 0. The van der Waals surface area contributed by atoms with E-state index in [2.05, 4.69) is 15.0 Å². The van der Waals surface area contributed by atoms with Crippen molar-refractivity contribution >= 4 is 5.91 Å². The number of hydrogen-bond donors (Lipinski definition) is 2. The van der Waals surface area contributed by atoms with Gasteiger partial charge in [-0.15, -0.1) is 0 Å². The normalized spacial score (nSPS) is 19.6. The van der Waals surface area contributed by atoms with Crippen molar-refractivity contribution in [3.63, 3.8) is 0 Å². The molecule has 0 spiro atoms. The van der Waals surface area contributed by atoms with E-state index in [1.807, 2.05) is 0 Å². The minimum absolute atomic E-state index is 0.0143. The molecule has 7 heteroatoms. The summed E-state index contributed by atoms with van der Waals surface area (Å²) in [5.41, 5.74) is 2.53. The maximum atomic E-state index is 13.0. The number of carbonyl (C=O) groups excluding carboxylic acids is 1. The van der Waals surface area contributed by atoms with Crippen LogP contribution in [0.25, 0.3) is 0 Å². The van der Waals surface area contributed by atoms with Crippen molar-refractivity contribution in [3.8, 4) is 0 Å². The Hall–Kier alpha value is -2.70. The number of carbonyl (C=O) groups is 1. The molecule has 142 valence electrons. The van der Waals surface area contributed by atoms with Crippen LogP contribution in [0.3, 0.4) is 0 Å². The summed E-state index contributed by atoms with van der Waals surface area (Å²) in [6, 6.07) is 3.30. The summed E-state index contributed by atoms with van der Waals surface area (Å²) in [4.78, 5) is 49.0. The standard InChI is InChI=1S/C20H24N4O3/c1-12-21-17(10-18(25)22-12)14-6-4-8-24(11-14)20(27)15-9-13-5-2-3-7-16(13)23-19(15)26/h9-10,14H,2-8,11H2,1H3,(H,23,26)(H,21,22,25). The number of fused-ring (bicyclic) bond motifs is 1. The third kappa shape index (κ3) is 3.59. The van der Waals surface area contributed by atoms with Crippen molar-refractivity contribution in [2.75, 3.05) is 13.1 Å². The van der Waals surface area contributed by atoms with E-state index in [4.69, 9.17) is 0 Å². The highest BCUT2D eigenvalue weighted by Gasteiger charge is 2.28. The molecule has 27 heavy (non-hydrogen) atoms. The lowest BCUT2D eigenvalue weighted by atomic mass is 9.93. The predicted molar refractivity (Wildman–Crippen MR) is 101 cm³/mol. The number of rotatable bonds is 2. The van der Waals surface area contributed by atoms with Gasteiger partial charge < -0.3 is 14.9 Å². The number of likely N-dealkylation sites (tertiary alicyclic amines) is 1. The molecule has 0 bridgehead atoms.